The van der Waals surface area contributed by atoms with Crippen molar-refractivity contribution in [2.75, 3.05) is 0 Å². The number of fused-ring (bicyclic) bond motifs is 1. The largest absolute Gasteiger partial charge is 0.324 e. The fraction of sp³-hybridized carbons (Fsp3) is 0.176. The minimum Gasteiger partial charge on any atom is -0.324 e. The molecular formula is C17H17NS. The summed E-state index contributed by atoms with van der Waals surface area (Å²) in [6.45, 7) is 2.14. The SMILES string of the molecule is Cc1sccc1C(N)Cc1ccc2ccccc2c1. The van der Waals surface area contributed by atoms with Crippen LogP contribution in [0.3, 0.4) is 0 Å². The van der Waals surface area contributed by atoms with Crippen LogP contribution in [0, 0.1) is 6.92 Å². The van der Waals surface area contributed by atoms with Crippen LogP contribution in [-0.2, 0) is 6.42 Å². The fourth-order valence-electron chi connectivity index (χ4n) is 2.51. The summed E-state index contributed by atoms with van der Waals surface area (Å²) in [5.74, 6) is 0. The first-order chi connectivity index (χ1) is 9.24. The molecule has 1 heterocycles. The van der Waals surface area contributed by atoms with Crippen molar-refractivity contribution in [2.24, 2.45) is 5.73 Å². The number of aryl methyl sites for hydroxylation is 1. The Morgan fingerprint density at radius 3 is 2.58 bits per heavy atom. The van der Waals surface area contributed by atoms with Crippen molar-refractivity contribution >= 4 is 22.1 Å². The summed E-state index contributed by atoms with van der Waals surface area (Å²) in [6, 6.07) is 17.3. The molecule has 0 spiro atoms. The Morgan fingerprint density at radius 1 is 1.05 bits per heavy atom. The van der Waals surface area contributed by atoms with Crippen molar-refractivity contribution in [3.8, 4) is 0 Å². The van der Waals surface area contributed by atoms with E-state index < -0.39 is 0 Å². The van der Waals surface area contributed by atoms with E-state index in [0.29, 0.717) is 0 Å². The monoisotopic (exact) mass is 267 g/mol. The molecule has 0 bridgehead atoms. The molecule has 0 amide bonds. The number of hydrogen-bond donors (Lipinski definition) is 1. The third-order valence-electron chi connectivity index (χ3n) is 3.57. The average molecular weight is 267 g/mol. The number of rotatable bonds is 3. The highest BCUT2D eigenvalue weighted by Crippen LogP contribution is 2.25. The molecule has 2 N–H and O–H groups in total. The molecule has 0 radical (unpaired) electrons. The second-order valence-corrected chi connectivity index (χ2v) is 6.04. The standard InChI is InChI=1S/C17H17NS/c1-12-16(8-9-19-12)17(18)11-13-6-7-14-4-2-3-5-15(14)10-13/h2-10,17H,11,18H2,1H3. The lowest BCUT2D eigenvalue weighted by atomic mass is 9.98. The third-order valence-corrected chi connectivity index (χ3v) is 4.43. The zero-order chi connectivity index (χ0) is 13.2. The maximum Gasteiger partial charge on any atom is 0.0346 e. The van der Waals surface area contributed by atoms with E-state index in [1.165, 1.54) is 26.8 Å². The normalized spacial score (nSPS) is 12.7. The van der Waals surface area contributed by atoms with E-state index in [1.54, 1.807) is 11.3 Å². The highest BCUT2D eigenvalue weighted by Gasteiger charge is 2.10. The molecule has 96 valence electrons. The maximum atomic E-state index is 6.32. The highest BCUT2D eigenvalue weighted by atomic mass is 32.1. The van der Waals surface area contributed by atoms with Crippen molar-refractivity contribution in [2.45, 2.75) is 19.4 Å². The van der Waals surface area contributed by atoms with Crippen LogP contribution in [0.5, 0.6) is 0 Å². The molecule has 19 heavy (non-hydrogen) atoms. The zero-order valence-electron chi connectivity index (χ0n) is 11.0. The van der Waals surface area contributed by atoms with Gasteiger partial charge in [-0.25, -0.2) is 0 Å². The lowest BCUT2D eigenvalue weighted by molar-refractivity contribution is 0.721. The molecule has 3 aromatic rings. The molecular weight excluding hydrogens is 250 g/mol. The van der Waals surface area contributed by atoms with E-state index in [9.17, 15) is 0 Å². The number of thiophene rings is 1. The second kappa shape index (κ2) is 5.16. The molecule has 2 aromatic carbocycles. The Balaban J connectivity index is 1.87. The predicted octanol–water partition coefficient (Wildman–Crippen LogP) is 4.45. The molecule has 0 fully saturated rings. The van der Waals surface area contributed by atoms with Crippen molar-refractivity contribution in [1.29, 1.82) is 0 Å². The van der Waals surface area contributed by atoms with E-state index >= 15 is 0 Å². The van der Waals surface area contributed by atoms with Gasteiger partial charge in [0.1, 0.15) is 0 Å². The average Bonchev–Trinajstić information content (AvgIpc) is 2.85. The van der Waals surface area contributed by atoms with Gasteiger partial charge in [-0.3, -0.25) is 0 Å². The van der Waals surface area contributed by atoms with E-state index in [4.69, 9.17) is 5.73 Å². The van der Waals surface area contributed by atoms with Crippen LogP contribution >= 0.6 is 11.3 Å². The minimum absolute atomic E-state index is 0.0902. The minimum atomic E-state index is 0.0902. The summed E-state index contributed by atoms with van der Waals surface area (Å²) in [5, 5.41) is 4.69. The van der Waals surface area contributed by atoms with Gasteiger partial charge in [-0.1, -0.05) is 42.5 Å². The molecule has 0 saturated heterocycles. The first-order valence-electron chi connectivity index (χ1n) is 6.51. The van der Waals surface area contributed by atoms with E-state index in [0.717, 1.165) is 6.42 Å². The molecule has 1 nitrogen and oxygen atoms in total. The number of nitrogens with two attached hydrogens (primary N) is 1. The quantitative estimate of drug-likeness (QED) is 0.745. The van der Waals surface area contributed by atoms with Gasteiger partial charge in [-0.15, -0.1) is 11.3 Å². The molecule has 1 aromatic heterocycles. The third kappa shape index (κ3) is 2.55. The highest BCUT2D eigenvalue weighted by molar-refractivity contribution is 7.10. The summed E-state index contributed by atoms with van der Waals surface area (Å²) in [7, 11) is 0. The Morgan fingerprint density at radius 2 is 1.84 bits per heavy atom. The number of hydrogen-bond acceptors (Lipinski definition) is 2. The van der Waals surface area contributed by atoms with Gasteiger partial charge in [0.2, 0.25) is 0 Å². The van der Waals surface area contributed by atoms with Crippen molar-refractivity contribution in [3.05, 3.63) is 69.9 Å². The summed E-state index contributed by atoms with van der Waals surface area (Å²) in [4.78, 5) is 1.33. The molecule has 3 rings (SSSR count). The van der Waals surface area contributed by atoms with Gasteiger partial charge in [0.15, 0.2) is 0 Å². The summed E-state index contributed by atoms with van der Waals surface area (Å²) < 4.78 is 0. The van der Waals surface area contributed by atoms with Gasteiger partial charge in [-0.05, 0) is 46.7 Å². The predicted molar refractivity (Wildman–Crippen MR) is 83.6 cm³/mol. The van der Waals surface area contributed by atoms with E-state index in [-0.39, 0.29) is 6.04 Å². The molecule has 1 atom stereocenters. The van der Waals surface area contributed by atoms with Gasteiger partial charge < -0.3 is 5.73 Å². The van der Waals surface area contributed by atoms with Crippen LogP contribution in [-0.4, -0.2) is 0 Å². The zero-order valence-corrected chi connectivity index (χ0v) is 11.8. The Kier molecular flexibility index (Phi) is 3.36. The van der Waals surface area contributed by atoms with Gasteiger partial charge in [-0.2, -0.15) is 0 Å². The summed E-state index contributed by atoms with van der Waals surface area (Å²) in [5.41, 5.74) is 8.90. The van der Waals surface area contributed by atoms with E-state index in [2.05, 4.69) is 60.8 Å². The van der Waals surface area contributed by atoms with Crippen LogP contribution < -0.4 is 5.73 Å². The lowest BCUT2D eigenvalue weighted by Gasteiger charge is -2.12. The Bertz CT molecular complexity index is 699. The van der Waals surface area contributed by atoms with E-state index in [1.807, 2.05) is 0 Å². The Labute approximate surface area is 117 Å². The van der Waals surface area contributed by atoms with Crippen LogP contribution in [0.4, 0.5) is 0 Å². The van der Waals surface area contributed by atoms with Crippen LogP contribution in [0.25, 0.3) is 10.8 Å². The van der Waals surface area contributed by atoms with Gasteiger partial charge in [0.25, 0.3) is 0 Å². The smallest absolute Gasteiger partial charge is 0.0346 e. The first-order valence-corrected chi connectivity index (χ1v) is 7.39. The molecule has 0 aliphatic carbocycles. The fourth-order valence-corrected chi connectivity index (χ4v) is 3.28. The lowest BCUT2D eigenvalue weighted by Crippen LogP contribution is -2.13. The van der Waals surface area contributed by atoms with Gasteiger partial charge in [0, 0.05) is 10.9 Å². The van der Waals surface area contributed by atoms with Crippen LogP contribution in [0.2, 0.25) is 0 Å². The maximum absolute atomic E-state index is 6.32. The van der Waals surface area contributed by atoms with Gasteiger partial charge in [0.05, 0.1) is 0 Å². The topological polar surface area (TPSA) is 26.0 Å². The first kappa shape index (κ1) is 12.4. The summed E-state index contributed by atoms with van der Waals surface area (Å²) in [6.07, 6.45) is 0.891. The summed E-state index contributed by atoms with van der Waals surface area (Å²) >= 11 is 1.77. The number of benzene rings is 2. The molecule has 0 aliphatic rings. The molecule has 2 heteroatoms. The van der Waals surface area contributed by atoms with Crippen molar-refractivity contribution < 1.29 is 0 Å². The Hall–Kier alpha value is -1.64. The van der Waals surface area contributed by atoms with Crippen LogP contribution in [0.1, 0.15) is 22.0 Å². The van der Waals surface area contributed by atoms with Crippen molar-refractivity contribution in [1.82, 2.24) is 0 Å². The van der Waals surface area contributed by atoms with Crippen LogP contribution in [0.15, 0.2) is 53.9 Å². The molecule has 0 aliphatic heterocycles. The molecule has 1 unspecified atom stereocenters. The van der Waals surface area contributed by atoms with Crippen molar-refractivity contribution in [3.63, 3.8) is 0 Å². The molecule has 0 saturated carbocycles. The second-order valence-electron chi connectivity index (χ2n) is 4.92. The van der Waals surface area contributed by atoms with Gasteiger partial charge >= 0.3 is 0 Å².